The Morgan fingerprint density at radius 1 is 1.13 bits per heavy atom. The molecule has 23 heavy (non-hydrogen) atoms. The number of ether oxygens (including phenoxy) is 2. The van der Waals surface area contributed by atoms with Gasteiger partial charge < -0.3 is 18.8 Å². The number of pyridine rings is 1. The molecule has 0 aromatic carbocycles. The Bertz CT molecular complexity index is 562. The molecule has 0 N–H and O–H groups in total. The van der Waals surface area contributed by atoms with E-state index in [1.807, 2.05) is 27.7 Å². The third-order valence-electron chi connectivity index (χ3n) is 3.95. The van der Waals surface area contributed by atoms with Crippen LogP contribution >= 0.6 is 0 Å². The smallest absolute Gasteiger partial charge is 0.481 e. The Hall–Kier alpha value is -1.48. The molecule has 1 fully saturated rings. The largest absolute Gasteiger partial charge is 0.500 e. The first-order valence-electron chi connectivity index (χ1n) is 7.05. The molecule has 128 valence electrons. The topological polar surface area (TPSA) is 49.8 Å². The minimum Gasteiger partial charge on any atom is -0.481 e. The van der Waals surface area contributed by atoms with Gasteiger partial charge >= 0.3 is 13.3 Å². The van der Waals surface area contributed by atoms with Crippen molar-refractivity contribution in [2.75, 3.05) is 13.7 Å². The summed E-state index contributed by atoms with van der Waals surface area (Å²) in [6.45, 7) is 6.17. The normalized spacial score (nSPS) is 19.7. The summed E-state index contributed by atoms with van der Waals surface area (Å²) in [7, 11) is 0.643. The number of nitrogens with zero attached hydrogens (tertiary/aromatic N) is 1. The summed E-state index contributed by atoms with van der Waals surface area (Å²) in [6.07, 6.45) is -4.43. The van der Waals surface area contributed by atoms with Gasteiger partial charge in [-0.2, -0.15) is 18.2 Å². The number of hydrogen-bond donors (Lipinski definition) is 0. The van der Waals surface area contributed by atoms with Crippen LogP contribution in [0.4, 0.5) is 13.2 Å². The highest BCUT2D eigenvalue weighted by molar-refractivity contribution is 6.63. The summed E-state index contributed by atoms with van der Waals surface area (Å²) in [4.78, 5) is 3.93. The number of methoxy groups -OCH3 is 1. The van der Waals surface area contributed by atoms with Crippen molar-refractivity contribution in [1.29, 1.82) is 0 Å². The van der Waals surface area contributed by atoms with E-state index in [1.54, 1.807) is 0 Å². The van der Waals surface area contributed by atoms with Crippen molar-refractivity contribution in [3.63, 3.8) is 0 Å². The van der Waals surface area contributed by atoms with E-state index in [1.165, 1.54) is 19.2 Å². The van der Waals surface area contributed by atoms with Gasteiger partial charge in [0.1, 0.15) is 0 Å². The van der Waals surface area contributed by atoms with Crippen LogP contribution in [0, 0.1) is 0 Å². The molecule has 1 aliphatic heterocycles. The average Bonchev–Trinajstić information content (AvgIpc) is 2.64. The fraction of sp³-hybridized carbons (Fsp3) is 0.643. The number of aromatic nitrogens is 1. The quantitative estimate of drug-likeness (QED) is 0.792. The SMILES string of the molecule is COc1nc(OCC(F)(F)F)ccc1B1OC(C)(C)C(C)(C)O1. The maximum Gasteiger partial charge on any atom is 0.500 e. The second kappa shape index (κ2) is 5.87. The Morgan fingerprint density at radius 3 is 2.17 bits per heavy atom. The number of alkyl halides is 3. The van der Waals surface area contributed by atoms with E-state index in [4.69, 9.17) is 14.0 Å². The van der Waals surface area contributed by atoms with Crippen LogP contribution in [0.5, 0.6) is 11.8 Å². The minimum atomic E-state index is -4.43. The van der Waals surface area contributed by atoms with E-state index in [-0.39, 0.29) is 11.8 Å². The van der Waals surface area contributed by atoms with Gasteiger partial charge in [0, 0.05) is 11.5 Å². The fourth-order valence-corrected chi connectivity index (χ4v) is 1.98. The van der Waals surface area contributed by atoms with Crippen molar-refractivity contribution in [2.45, 2.75) is 45.1 Å². The lowest BCUT2D eigenvalue weighted by Gasteiger charge is -2.32. The van der Waals surface area contributed by atoms with Crippen LogP contribution < -0.4 is 14.9 Å². The van der Waals surface area contributed by atoms with E-state index in [0.29, 0.717) is 5.46 Å². The molecule has 1 aromatic rings. The molecular formula is C14H19BF3NO4. The Balaban J connectivity index is 2.21. The summed E-state index contributed by atoms with van der Waals surface area (Å²) in [5.41, 5.74) is -0.604. The zero-order chi connectivity index (χ0) is 17.5. The lowest BCUT2D eigenvalue weighted by atomic mass is 9.80. The first-order valence-corrected chi connectivity index (χ1v) is 7.05. The van der Waals surface area contributed by atoms with Gasteiger partial charge in [0.15, 0.2) is 6.61 Å². The van der Waals surface area contributed by atoms with E-state index in [2.05, 4.69) is 9.72 Å². The van der Waals surface area contributed by atoms with Crippen LogP contribution in [0.1, 0.15) is 27.7 Å². The maximum atomic E-state index is 12.2. The van der Waals surface area contributed by atoms with Crippen LogP contribution in [0.15, 0.2) is 12.1 Å². The molecule has 2 heterocycles. The molecule has 1 aliphatic rings. The van der Waals surface area contributed by atoms with E-state index >= 15 is 0 Å². The molecule has 0 spiro atoms. The molecule has 1 aromatic heterocycles. The first kappa shape index (κ1) is 17.9. The van der Waals surface area contributed by atoms with Crippen molar-refractivity contribution in [1.82, 2.24) is 4.98 Å². The molecule has 0 atom stereocenters. The van der Waals surface area contributed by atoms with Gasteiger partial charge in [-0.3, -0.25) is 0 Å². The molecule has 0 amide bonds. The van der Waals surface area contributed by atoms with Crippen LogP contribution in [0.25, 0.3) is 0 Å². The van der Waals surface area contributed by atoms with Crippen LogP contribution in [-0.2, 0) is 9.31 Å². The third kappa shape index (κ3) is 3.90. The summed E-state index contributed by atoms with van der Waals surface area (Å²) < 4.78 is 58.1. The summed E-state index contributed by atoms with van der Waals surface area (Å²) in [5.74, 6) is -0.0809. The predicted molar refractivity (Wildman–Crippen MR) is 78.1 cm³/mol. The molecule has 0 unspecified atom stereocenters. The molecular weight excluding hydrogens is 314 g/mol. The Labute approximate surface area is 133 Å². The number of halogens is 3. The number of rotatable bonds is 4. The van der Waals surface area contributed by atoms with E-state index in [0.717, 1.165) is 0 Å². The fourth-order valence-electron chi connectivity index (χ4n) is 1.98. The second-order valence-electron chi connectivity index (χ2n) is 6.24. The van der Waals surface area contributed by atoms with Crippen LogP contribution in [0.2, 0.25) is 0 Å². The van der Waals surface area contributed by atoms with Gasteiger partial charge in [0.2, 0.25) is 11.8 Å². The zero-order valence-electron chi connectivity index (χ0n) is 13.7. The third-order valence-corrected chi connectivity index (χ3v) is 3.95. The average molecular weight is 333 g/mol. The Kier molecular flexibility index (Phi) is 4.56. The minimum absolute atomic E-state index is 0.100. The summed E-state index contributed by atoms with van der Waals surface area (Å²) >= 11 is 0. The van der Waals surface area contributed by atoms with Crippen molar-refractivity contribution in [2.24, 2.45) is 0 Å². The van der Waals surface area contributed by atoms with Crippen LogP contribution in [-0.4, -0.2) is 43.2 Å². The van der Waals surface area contributed by atoms with Crippen molar-refractivity contribution in [3.8, 4) is 11.8 Å². The van der Waals surface area contributed by atoms with Crippen LogP contribution in [0.3, 0.4) is 0 Å². The maximum absolute atomic E-state index is 12.2. The monoisotopic (exact) mass is 333 g/mol. The van der Waals surface area contributed by atoms with Gasteiger partial charge in [-0.1, -0.05) is 6.07 Å². The van der Waals surface area contributed by atoms with Gasteiger partial charge in [0.05, 0.1) is 18.3 Å². The molecule has 2 rings (SSSR count). The standard InChI is InChI=1S/C14H19BF3NO4/c1-12(2)13(3,4)23-15(22-12)9-6-7-10(19-11(9)20-5)21-8-14(16,17)18/h6-7H,8H2,1-5H3. The molecule has 5 nitrogen and oxygen atoms in total. The van der Waals surface area contributed by atoms with Gasteiger partial charge in [0.25, 0.3) is 0 Å². The van der Waals surface area contributed by atoms with Crippen molar-refractivity contribution in [3.05, 3.63) is 12.1 Å². The molecule has 1 saturated heterocycles. The first-order chi connectivity index (χ1) is 10.5. The van der Waals surface area contributed by atoms with Crippen molar-refractivity contribution < 1.29 is 32.0 Å². The van der Waals surface area contributed by atoms with Gasteiger partial charge in [-0.25, -0.2) is 0 Å². The van der Waals surface area contributed by atoms with E-state index in [9.17, 15) is 13.2 Å². The van der Waals surface area contributed by atoms with Gasteiger partial charge in [-0.05, 0) is 27.7 Å². The lowest BCUT2D eigenvalue weighted by molar-refractivity contribution is -0.154. The highest BCUT2D eigenvalue weighted by Crippen LogP contribution is 2.37. The summed E-state index contributed by atoms with van der Waals surface area (Å²) in [5, 5.41) is 0. The Morgan fingerprint density at radius 2 is 1.70 bits per heavy atom. The molecule has 0 saturated carbocycles. The van der Waals surface area contributed by atoms with Crippen molar-refractivity contribution >= 4 is 12.6 Å². The second-order valence-corrected chi connectivity index (χ2v) is 6.24. The molecule has 0 aliphatic carbocycles. The lowest BCUT2D eigenvalue weighted by Crippen LogP contribution is -2.41. The number of hydrogen-bond acceptors (Lipinski definition) is 5. The highest BCUT2D eigenvalue weighted by atomic mass is 19.4. The molecule has 0 bridgehead atoms. The zero-order valence-corrected chi connectivity index (χ0v) is 13.7. The molecule has 9 heteroatoms. The molecule has 0 radical (unpaired) electrons. The van der Waals surface area contributed by atoms with Gasteiger partial charge in [-0.15, -0.1) is 0 Å². The summed E-state index contributed by atoms with van der Waals surface area (Å²) in [6, 6.07) is 2.86. The predicted octanol–water partition coefficient (Wildman–Crippen LogP) is 2.33. The highest BCUT2D eigenvalue weighted by Gasteiger charge is 2.52. The van der Waals surface area contributed by atoms with E-state index < -0.39 is 31.1 Å².